The van der Waals surface area contributed by atoms with Gasteiger partial charge < -0.3 is 9.84 Å². The number of thioether (sulfide) groups is 1. The number of carbonyl (C=O) groups is 1. The lowest BCUT2D eigenvalue weighted by atomic mass is 9.89. The Labute approximate surface area is 200 Å². The molecule has 2 aliphatic rings. The third kappa shape index (κ3) is 4.97. The maximum absolute atomic E-state index is 10.8. The summed E-state index contributed by atoms with van der Waals surface area (Å²) >= 11 is 3.54. The molecule has 0 radical (unpaired) electrons. The standard InChI is InChI=1S/C27H23NO3S2/c29-25(30)17-31-21-12-11-20-15-24-26(23(20)16-21)28-27(33-24)32-14-13-22(18-7-3-1-4-8-18)19-9-5-2-6-10-19/h1-12,15,22H,13-14,16-17H2,(H,29,30). The van der Waals surface area contributed by atoms with Crippen LogP contribution in [0.2, 0.25) is 0 Å². The van der Waals surface area contributed by atoms with Gasteiger partial charge in [-0.1, -0.05) is 78.5 Å². The van der Waals surface area contributed by atoms with Crippen LogP contribution in [0.4, 0.5) is 0 Å². The van der Waals surface area contributed by atoms with E-state index in [0.29, 0.717) is 18.1 Å². The second-order valence-corrected chi connectivity index (χ2v) is 10.3. The summed E-state index contributed by atoms with van der Waals surface area (Å²) in [6.45, 7) is -0.318. The van der Waals surface area contributed by atoms with E-state index in [-0.39, 0.29) is 6.61 Å². The van der Waals surface area contributed by atoms with Crippen LogP contribution in [-0.2, 0) is 9.53 Å². The lowest BCUT2D eigenvalue weighted by Gasteiger charge is -2.17. The number of hydrogen-bond acceptors (Lipinski definition) is 5. The number of aliphatic carboxylic acids is 1. The zero-order valence-electron chi connectivity index (χ0n) is 17.9. The van der Waals surface area contributed by atoms with Gasteiger partial charge in [0.1, 0.15) is 5.76 Å². The first-order chi connectivity index (χ1) is 16.2. The summed E-state index contributed by atoms with van der Waals surface area (Å²) in [7, 11) is 0. The minimum Gasteiger partial charge on any atom is -0.486 e. The van der Waals surface area contributed by atoms with Crippen molar-refractivity contribution >= 4 is 40.7 Å². The average Bonchev–Trinajstić information content (AvgIpc) is 3.39. The number of hydrogen-bond donors (Lipinski definition) is 1. The summed E-state index contributed by atoms with van der Waals surface area (Å²) in [4.78, 5) is 15.7. The molecule has 0 unspecified atom stereocenters. The Hall–Kier alpha value is -3.09. The van der Waals surface area contributed by atoms with Crippen molar-refractivity contribution in [3.63, 3.8) is 0 Å². The summed E-state index contributed by atoms with van der Waals surface area (Å²) in [5.74, 6) is 1.05. The third-order valence-corrected chi connectivity index (χ3v) is 7.95. The van der Waals surface area contributed by atoms with E-state index in [9.17, 15) is 4.79 Å². The summed E-state index contributed by atoms with van der Waals surface area (Å²) in [6, 6.07) is 21.4. The van der Waals surface area contributed by atoms with E-state index in [1.165, 1.54) is 15.7 Å². The molecular weight excluding hydrogens is 450 g/mol. The van der Waals surface area contributed by atoms with E-state index in [1.807, 2.05) is 23.9 Å². The van der Waals surface area contributed by atoms with Crippen LogP contribution in [0.15, 0.2) is 88.5 Å². The lowest BCUT2D eigenvalue weighted by molar-refractivity contribution is -0.140. The molecule has 2 aliphatic carbocycles. The van der Waals surface area contributed by atoms with Crippen LogP contribution in [0.5, 0.6) is 0 Å². The van der Waals surface area contributed by atoms with Gasteiger partial charge in [-0.25, -0.2) is 9.78 Å². The number of benzene rings is 2. The van der Waals surface area contributed by atoms with Crippen molar-refractivity contribution in [2.24, 2.45) is 0 Å². The van der Waals surface area contributed by atoms with Crippen molar-refractivity contribution in [3.8, 4) is 0 Å². The van der Waals surface area contributed by atoms with Gasteiger partial charge in [-0.05, 0) is 40.8 Å². The van der Waals surface area contributed by atoms with E-state index < -0.39 is 5.97 Å². The minimum absolute atomic E-state index is 0.318. The molecule has 2 aromatic carbocycles. The van der Waals surface area contributed by atoms with Crippen molar-refractivity contribution in [2.75, 3.05) is 12.4 Å². The molecule has 0 saturated carbocycles. The van der Waals surface area contributed by atoms with Gasteiger partial charge in [0.2, 0.25) is 0 Å². The number of carboxylic acids is 1. The van der Waals surface area contributed by atoms with Crippen LogP contribution in [0.25, 0.3) is 11.6 Å². The molecule has 0 spiro atoms. The summed E-state index contributed by atoms with van der Waals surface area (Å²) in [5.41, 5.74) is 4.96. The molecule has 0 bridgehead atoms. The fraction of sp³-hybridized carbons (Fsp3) is 0.185. The normalized spacial score (nSPS) is 14.3. The predicted octanol–water partition coefficient (Wildman–Crippen LogP) is 4.72. The Morgan fingerprint density at radius 2 is 1.76 bits per heavy atom. The predicted molar refractivity (Wildman–Crippen MR) is 134 cm³/mol. The SMILES string of the molecule is O=C(O)COC1=CC=C2C=c3sc(SCCC(c4ccccc4)c4ccccc4)nc3=C2C1. The van der Waals surface area contributed by atoms with Gasteiger partial charge in [0, 0.05) is 18.1 Å². The fourth-order valence-electron chi connectivity index (χ4n) is 4.22. The molecular formula is C27H23NO3S2. The van der Waals surface area contributed by atoms with Crippen molar-refractivity contribution in [1.82, 2.24) is 4.98 Å². The number of nitrogens with zero attached hydrogens (tertiary/aromatic N) is 1. The van der Waals surface area contributed by atoms with Crippen LogP contribution in [0.1, 0.15) is 29.9 Å². The Kier molecular flexibility index (Phi) is 6.46. The van der Waals surface area contributed by atoms with Crippen molar-refractivity contribution in [1.29, 1.82) is 0 Å². The van der Waals surface area contributed by atoms with Crippen LogP contribution < -0.4 is 9.88 Å². The van der Waals surface area contributed by atoms with Gasteiger partial charge in [0.05, 0.1) is 9.88 Å². The second-order valence-electron chi connectivity index (χ2n) is 7.94. The summed E-state index contributed by atoms with van der Waals surface area (Å²) in [5, 5.41) is 9.88. The monoisotopic (exact) mass is 473 g/mol. The molecule has 0 amide bonds. The highest BCUT2D eigenvalue weighted by atomic mass is 32.2. The van der Waals surface area contributed by atoms with Gasteiger partial charge in [0.25, 0.3) is 0 Å². The first-order valence-corrected chi connectivity index (χ1v) is 12.7. The molecule has 33 heavy (non-hydrogen) atoms. The maximum Gasteiger partial charge on any atom is 0.341 e. The molecule has 0 saturated heterocycles. The van der Waals surface area contributed by atoms with Crippen LogP contribution >= 0.6 is 23.1 Å². The smallest absolute Gasteiger partial charge is 0.341 e. The number of rotatable bonds is 9. The molecule has 1 N–H and O–H groups in total. The van der Waals surface area contributed by atoms with Gasteiger partial charge in [0.15, 0.2) is 10.9 Å². The number of carboxylic acid groups (broad SMARTS) is 1. The highest BCUT2D eigenvalue weighted by Crippen LogP contribution is 2.32. The Morgan fingerprint density at radius 3 is 2.42 bits per heavy atom. The molecule has 5 rings (SSSR count). The first-order valence-electron chi connectivity index (χ1n) is 10.9. The third-order valence-electron chi connectivity index (χ3n) is 5.77. The Bertz CT molecular complexity index is 1300. The van der Waals surface area contributed by atoms with Crippen LogP contribution in [-0.4, -0.2) is 28.4 Å². The molecule has 0 fully saturated rings. The number of allylic oxidation sites excluding steroid dienone is 4. The molecule has 0 atom stereocenters. The number of fused-ring (bicyclic) bond motifs is 2. The summed E-state index contributed by atoms with van der Waals surface area (Å²) in [6.07, 6.45) is 7.64. The van der Waals surface area contributed by atoms with Gasteiger partial charge >= 0.3 is 5.97 Å². The van der Waals surface area contributed by atoms with Crippen LogP contribution in [0, 0.1) is 0 Å². The highest BCUT2D eigenvalue weighted by Gasteiger charge is 2.21. The fourth-order valence-corrected chi connectivity index (χ4v) is 6.43. The zero-order valence-corrected chi connectivity index (χ0v) is 19.6. The van der Waals surface area contributed by atoms with Gasteiger partial charge in [-0.2, -0.15) is 0 Å². The zero-order chi connectivity index (χ0) is 22.6. The maximum atomic E-state index is 10.8. The molecule has 0 aliphatic heterocycles. The van der Waals surface area contributed by atoms with Crippen molar-refractivity contribution < 1.29 is 14.6 Å². The largest absolute Gasteiger partial charge is 0.486 e. The number of ether oxygens (including phenoxy) is 1. The first kappa shape index (κ1) is 21.7. The average molecular weight is 474 g/mol. The summed E-state index contributed by atoms with van der Waals surface area (Å²) < 4.78 is 7.65. The molecule has 4 nitrogen and oxygen atoms in total. The Morgan fingerprint density at radius 1 is 1.06 bits per heavy atom. The quantitative estimate of drug-likeness (QED) is 0.456. The number of aromatic nitrogens is 1. The van der Waals surface area contributed by atoms with Gasteiger partial charge in [-0.15, -0.1) is 11.3 Å². The number of thiazole rings is 1. The second kappa shape index (κ2) is 9.81. The molecule has 1 aromatic heterocycles. The van der Waals surface area contributed by atoms with E-state index in [4.69, 9.17) is 14.8 Å². The van der Waals surface area contributed by atoms with E-state index >= 15 is 0 Å². The van der Waals surface area contributed by atoms with E-state index in [0.717, 1.165) is 33.0 Å². The van der Waals surface area contributed by atoms with E-state index in [1.54, 1.807) is 11.3 Å². The topological polar surface area (TPSA) is 59.4 Å². The van der Waals surface area contributed by atoms with Crippen molar-refractivity contribution in [2.45, 2.75) is 23.1 Å². The molecule has 6 heteroatoms. The highest BCUT2D eigenvalue weighted by molar-refractivity contribution is 8.00. The van der Waals surface area contributed by atoms with E-state index in [2.05, 4.69) is 66.7 Å². The van der Waals surface area contributed by atoms with Crippen molar-refractivity contribution in [3.05, 3.63) is 105 Å². The van der Waals surface area contributed by atoms with Gasteiger partial charge in [-0.3, -0.25) is 0 Å². The lowest BCUT2D eigenvalue weighted by Crippen LogP contribution is -2.20. The molecule has 1 heterocycles. The molecule has 166 valence electrons. The molecule has 3 aromatic rings. The minimum atomic E-state index is -0.967. The van der Waals surface area contributed by atoms with Crippen LogP contribution in [0.3, 0.4) is 0 Å². The Balaban J connectivity index is 1.29.